The third-order valence-electron chi connectivity index (χ3n) is 5.46. The Morgan fingerprint density at radius 1 is 1.11 bits per heavy atom. The maximum Gasteiger partial charge on any atom is 0.0118 e. The van der Waals surface area contributed by atoms with Crippen molar-refractivity contribution in [2.24, 2.45) is 5.41 Å². The third-order valence-corrected chi connectivity index (χ3v) is 5.46. The molecule has 112 valence electrons. The summed E-state index contributed by atoms with van der Waals surface area (Å²) in [4.78, 5) is 2.69. The fraction of sp³-hybridized carbons (Fsp3) is 1.00. The molecule has 0 amide bonds. The van der Waals surface area contributed by atoms with Crippen LogP contribution >= 0.6 is 0 Å². The predicted octanol–water partition coefficient (Wildman–Crippen LogP) is 3.81. The Morgan fingerprint density at radius 3 is 2.63 bits per heavy atom. The van der Waals surface area contributed by atoms with Crippen LogP contribution in [0.2, 0.25) is 0 Å². The number of nitrogens with zero attached hydrogens (tertiary/aromatic N) is 1. The number of rotatable bonds is 5. The molecule has 2 atom stereocenters. The van der Waals surface area contributed by atoms with E-state index in [1.165, 1.54) is 71.0 Å². The van der Waals surface area contributed by atoms with Crippen molar-refractivity contribution >= 4 is 0 Å². The summed E-state index contributed by atoms with van der Waals surface area (Å²) in [6.07, 6.45) is 11.2. The van der Waals surface area contributed by atoms with Crippen molar-refractivity contribution in [3.63, 3.8) is 0 Å². The van der Waals surface area contributed by atoms with Gasteiger partial charge in [-0.3, -0.25) is 0 Å². The smallest absolute Gasteiger partial charge is 0.0118 e. The highest BCUT2D eigenvalue weighted by molar-refractivity contribution is 4.87. The number of hydrogen-bond donors (Lipinski definition) is 1. The van der Waals surface area contributed by atoms with E-state index in [0.717, 1.165) is 12.1 Å². The number of hydrogen-bond acceptors (Lipinski definition) is 2. The largest absolute Gasteiger partial charge is 0.313 e. The van der Waals surface area contributed by atoms with Gasteiger partial charge in [-0.05, 0) is 64.1 Å². The lowest BCUT2D eigenvalue weighted by atomic mass is 9.73. The normalized spacial score (nSPS) is 32.4. The minimum absolute atomic E-state index is 0.511. The monoisotopic (exact) mass is 266 g/mol. The molecule has 2 unspecified atom stereocenters. The van der Waals surface area contributed by atoms with Crippen molar-refractivity contribution in [2.45, 2.75) is 84.2 Å². The van der Waals surface area contributed by atoms with Crippen LogP contribution in [0, 0.1) is 5.41 Å². The summed E-state index contributed by atoms with van der Waals surface area (Å²) in [5.74, 6) is 0. The molecule has 2 fully saturated rings. The highest BCUT2D eigenvalue weighted by Crippen LogP contribution is 2.35. The maximum absolute atomic E-state index is 3.84. The van der Waals surface area contributed by atoms with E-state index in [-0.39, 0.29) is 0 Å². The second-order valence-electron chi connectivity index (χ2n) is 7.48. The first kappa shape index (κ1) is 15.3. The van der Waals surface area contributed by atoms with Crippen molar-refractivity contribution in [1.29, 1.82) is 0 Å². The molecular weight excluding hydrogens is 232 g/mol. The number of nitrogens with one attached hydrogen (secondary N) is 1. The van der Waals surface area contributed by atoms with Gasteiger partial charge < -0.3 is 10.2 Å². The molecule has 1 saturated heterocycles. The number of piperidine rings is 1. The molecule has 19 heavy (non-hydrogen) atoms. The van der Waals surface area contributed by atoms with Crippen LogP contribution in [-0.2, 0) is 0 Å². The first-order chi connectivity index (χ1) is 9.09. The molecule has 1 aliphatic heterocycles. The quantitative estimate of drug-likeness (QED) is 0.761. The summed E-state index contributed by atoms with van der Waals surface area (Å²) in [5.41, 5.74) is 0.511. The second kappa shape index (κ2) is 7.08. The van der Waals surface area contributed by atoms with Crippen molar-refractivity contribution < 1.29 is 0 Å². The van der Waals surface area contributed by atoms with E-state index >= 15 is 0 Å². The molecule has 0 bridgehead atoms. The van der Waals surface area contributed by atoms with Gasteiger partial charge in [0, 0.05) is 12.1 Å². The van der Waals surface area contributed by atoms with Gasteiger partial charge >= 0.3 is 0 Å². The van der Waals surface area contributed by atoms with Gasteiger partial charge in [0.25, 0.3) is 0 Å². The molecule has 0 aromatic rings. The minimum atomic E-state index is 0.511. The molecule has 2 rings (SSSR count). The van der Waals surface area contributed by atoms with E-state index < -0.39 is 0 Å². The van der Waals surface area contributed by atoms with Crippen molar-refractivity contribution in [1.82, 2.24) is 10.2 Å². The summed E-state index contributed by atoms with van der Waals surface area (Å²) >= 11 is 0. The van der Waals surface area contributed by atoms with E-state index in [4.69, 9.17) is 0 Å². The molecule has 0 spiro atoms. The topological polar surface area (TPSA) is 15.3 Å². The fourth-order valence-electron chi connectivity index (χ4n) is 3.92. The van der Waals surface area contributed by atoms with Crippen LogP contribution in [0.1, 0.15) is 72.1 Å². The molecule has 0 aromatic carbocycles. The van der Waals surface area contributed by atoms with E-state index in [1.54, 1.807) is 0 Å². The van der Waals surface area contributed by atoms with E-state index in [1.807, 2.05) is 0 Å². The van der Waals surface area contributed by atoms with Crippen LogP contribution in [-0.4, -0.2) is 36.6 Å². The highest BCUT2D eigenvalue weighted by atomic mass is 15.2. The van der Waals surface area contributed by atoms with Gasteiger partial charge in [-0.1, -0.05) is 33.1 Å². The molecule has 2 nitrogen and oxygen atoms in total. The van der Waals surface area contributed by atoms with Crippen LogP contribution in [0.25, 0.3) is 0 Å². The van der Waals surface area contributed by atoms with E-state index in [0.29, 0.717) is 5.41 Å². The van der Waals surface area contributed by atoms with Crippen LogP contribution in [0.5, 0.6) is 0 Å². The van der Waals surface area contributed by atoms with Gasteiger partial charge in [0.2, 0.25) is 0 Å². The van der Waals surface area contributed by atoms with Crippen LogP contribution in [0.3, 0.4) is 0 Å². The van der Waals surface area contributed by atoms with Gasteiger partial charge in [-0.15, -0.1) is 0 Å². The molecule has 0 radical (unpaired) electrons. The lowest BCUT2D eigenvalue weighted by Gasteiger charge is -2.39. The van der Waals surface area contributed by atoms with Gasteiger partial charge in [0.05, 0.1) is 0 Å². The lowest BCUT2D eigenvalue weighted by Crippen LogP contribution is -2.45. The van der Waals surface area contributed by atoms with Crippen molar-refractivity contribution in [2.75, 3.05) is 19.6 Å². The minimum Gasteiger partial charge on any atom is -0.313 e. The van der Waals surface area contributed by atoms with Crippen molar-refractivity contribution in [3.05, 3.63) is 0 Å². The Kier molecular flexibility index (Phi) is 5.70. The Bertz CT molecular complexity index is 262. The highest BCUT2D eigenvalue weighted by Gasteiger charge is 2.31. The summed E-state index contributed by atoms with van der Waals surface area (Å²) in [6, 6.07) is 1.57. The average Bonchev–Trinajstić information content (AvgIpc) is 2.38. The molecule has 1 N–H and O–H groups in total. The van der Waals surface area contributed by atoms with E-state index in [9.17, 15) is 0 Å². The molecule has 1 heterocycles. The molecular formula is C17H34N2. The van der Waals surface area contributed by atoms with Gasteiger partial charge in [0.1, 0.15) is 0 Å². The zero-order valence-corrected chi connectivity index (χ0v) is 13.4. The first-order valence-corrected chi connectivity index (χ1v) is 8.57. The van der Waals surface area contributed by atoms with Gasteiger partial charge in [0.15, 0.2) is 0 Å². The van der Waals surface area contributed by atoms with E-state index in [2.05, 4.69) is 31.0 Å². The SMILES string of the molecule is CC1CCCCN1CCCNC1CCCCC1(C)C. The zero-order valence-electron chi connectivity index (χ0n) is 13.4. The summed E-state index contributed by atoms with van der Waals surface area (Å²) in [5, 5.41) is 3.84. The number of likely N-dealkylation sites (tertiary alicyclic amines) is 1. The second-order valence-corrected chi connectivity index (χ2v) is 7.48. The predicted molar refractivity (Wildman–Crippen MR) is 83.5 cm³/mol. The maximum atomic E-state index is 3.84. The lowest BCUT2D eigenvalue weighted by molar-refractivity contribution is 0.147. The Morgan fingerprint density at radius 2 is 1.89 bits per heavy atom. The molecule has 2 aliphatic rings. The third kappa shape index (κ3) is 4.46. The van der Waals surface area contributed by atoms with Crippen molar-refractivity contribution in [3.8, 4) is 0 Å². The molecule has 2 heteroatoms. The van der Waals surface area contributed by atoms with Gasteiger partial charge in [-0.2, -0.15) is 0 Å². The zero-order chi connectivity index (χ0) is 13.7. The molecule has 0 aromatic heterocycles. The Labute approximate surface area is 120 Å². The summed E-state index contributed by atoms with van der Waals surface area (Å²) in [7, 11) is 0. The molecule has 1 aliphatic carbocycles. The fourth-order valence-corrected chi connectivity index (χ4v) is 3.92. The first-order valence-electron chi connectivity index (χ1n) is 8.57. The average molecular weight is 266 g/mol. The van der Waals surface area contributed by atoms with Crippen LogP contribution in [0.4, 0.5) is 0 Å². The molecule has 1 saturated carbocycles. The Hall–Kier alpha value is -0.0800. The van der Waals surface area contributed by atoms with Gasteiger partial charge in [-0.25, -0.2) is 0 Å². The van der Waals surface area contributed by atoms with Crippen LogP contribution < -0.4 is 5.32 Å². The Balaban J connectivity index is 1.63. The summed E-state index contributed by atoms with van der Waals surface area (Å²) < 4.78 is 0. The summed E-state index contributed by atoms with van der Waals surface area (Å²) in [6.45, 7) is 11.1. The standard InChI is InChI=1S/C17H34N2/c1-15-9-5-7-13-19(15)14-8-12-18-16-10-4-6-11-17(16,2)3/h15-16,18H,4-14H2,1-3H3. The van der Waals surface area contributed by atoms with Crippen LogP contribution in [0.15, 0.2) is 0 Å².